The van der Waals surface area contributed by atoms with Gasteiger partial charge in [-0.05, 0) is 56.7 Å². The Morgan fingerprint density at radius 3 is 1.52 bits per heavy atom. The average molecular weight is 956 g/mol. The molecule has 22 heteroatoms. The van der Waals surface area contributed by atoms with Gasteiger partial charge in [-0.1, -0.05) is 43.0 Å². The highest BCUT2D eigenvalue weighted by Crippen LogP contribution is 2.37. The number of esters is 2. The number of aryl methyl sites for hydroxylation is 2. The number of carbonyl (C=O) groups excluding carboxylic acids is 2. The van der Waals surface area contributed by atoms with E-state index in [0.717, 1.165) is 43.5 Å². The van der Waals surface area contributed by atoms with Gasteiger partial charge in [0.2, 0.25) is 0 Å². The molecule has 0 atom stereocenters. The molecule has 0 aliphatic carbocycles. The lowest BCUT2D eigenvalue weighted by Crippen LogP contribution is -2.38. The molecule has 0 fully saturated rings. The zero-order valence-electron chi connectivity index (χ0n) is 36.3. The summed E-state index contributed by atoms with van der Waals surface area (Å²) in [5.74, 6) is -3.03. The molecule has 0 aliphatic heterocycles. The lowest BCUT2D eigenvalue weighted by atomic mass is 10.2. The van der Waals surface area contributed by atoms with Crippen LogP contribution in [0.5, 0.6) is 34.8 Å². The molecule has 2 aromatic carbocycles. The first-order valence-electron chi connectivity index (χ1n) is 19.8. The first-order valence-corrected chi connectivity index (χ1v) is 20.5. The van der Waals surface area contributed by atoms with Crippen LogP contribution >= 0.6 is 23.2 Å². The van der Waals surface area contributed by atoms with Crippen molar-refractivity contribution >= 4 is 35.1 Å². The van der Waals surface area contributed by atoms with Crippen molar-refractivity contribution in [2.75, 3.05) is 26.9 Å². The van der Waals surface area contributed by atoms with Gasteiger partial charge >= 0.3 is 23.3 Å². The third-order valence-electron chi connectivity index (χ3n) is 9.41. The first-order chi connectivity index (χ1) is 31.4. The normalized spacial score (nSPS) is 10.7. The highest BCUT2D eigenvalue weighted by atomic mass is 35.5. The smallest absolute Gasteiger partial charge is 0.344 e. The van der Waals surface area contributed by atoms with Gasteiger partial charge in [0, 0.05) is 62.1 Å². The molecule has 0 radical (unpaired) electrons. The molecule has 0 bridgehead atoms. The second-order valence-electron chi connectivity index (χ2n) is 14.0. The monoisotopic (exact) mass is 954 g/mol. The number of halogens is 4. The Kier molecular flexibility index (Phi) is 17.0. The van der Waals surface area contributed by atoms with Crippen molar-refractivity contribution in [1.82, 2.24) is 28.2 Å². The molecule has 4 heterocycles. The summed E-state index contributed by atoms with van der Waals surface area (Å²) in [6, 6.07) is 12.6. The molecule has 4 aromatic heterocycles. The number of hydrogen-bond donors (Lipinski definition) is 0. The van der Waals surface area contributed by atoms with Crippen LogP contribution < -0.4 is 41.4 Å². The van der Waals surface area contributed by atoms with Crippen LogP contribution in [0, 0.1) is 25.5 Å². The largest absolute Gasteiger partial charge is 0.466 e. The van der Waals surface area contributed by atoms with E-state index < -0.39 is 59.3 Å². The van der Waals surface area contributed by atoms with Crippen LogP contribution in [0.2, 0.25) is 10.0 Å². The molecule has 18 nitrogen and oxygen atoms in total. The molecule has 0 amide bonds. The maximum Gasteiger partial charge on any atom is 0.344 e. The van der Waals surface area contributed by atoms with Gasteiger partial charge in [0.05, 0.1) is 35.1 Å². The minimum Gasteiger partial charge on any atom is -0.466 e. The molecule has 0 N–H and O–H groups in total. The molecule has 66 heavy (non-hydrogen) atoms. The molecular formula is C44H42Cl2F2N6O12. The molecule has 0 saturated heterocycles. The zero-order chi connectivity index (χ0) is 48.2. The fourth-order valence-corrected chi connectivity index (χ4v) is 6.08. The SMILES string of the molecule is CCCCCOC(=O)COc1ncccc1Oc1cc(-n2c(=O)cc(C)n(C)c2=O)c(F)cc1Cl.COC(=O)COc1ncccc1Oc1cc(-n2c(=O)cc(C)n(C)c2=O)c(F)cc1Cl. The Bertz CT molecular complexity index is 3010. The first kappa shape index (κ1) is 49.7. The van der Waals surface area contributed by atoms with Crippen LogP contribution in [-0.4, -0.2) is 67.1 Å². The number of pyridine rings is 2. The van der Waals surface area contributed by atoms with Gasteiger partial charge in [-0.2, -0.15) is 0 Å². The average Bonchev–Trinajstić information content (AvgIpc) is 3.28. The van der Waals surface area contributed by atoms with Crippen molar-refractivity contribution in [2.24, 2.45) is 14.1 Å². The van der Waals surface area contributed by atoms with E-state index in [1.807, 2.05) is 6.92 Å². The van der Waals surface area contributed by atoms with Gasteiger partial charge in [0.25, 0.3) is 22.9 Å². The summed E-state index contributed by atoms with van der Waals surface area (Å²) in [6.45, 7) is 4.71. The van der Waals surface area contributed by atoms with Gasteiger partial charge in [-0.3, -0.25) is 9.59 Å². The molecule has 0 unspecified atom stereocenters. The highest BCUT2D eigenvalue weighted by molar-refractivity contribution is 6.32. The molecule has 0 aliphatic rings. The summed E-state index contributed by atoms with van der Waals surface area (Å²) in [7, 11) is 4.13. The van der Waals surface area contributed by atoms with Crippen LogP contribution in [-0.2, 0) is 33.2 Å². The van der Waals surface area contributed by atoms with Gasteiger partial charge in [-0.25, -0.2) is 47.1 Å². The number of ether oxygens (including phenoxy) is 6. The van der Waals surface area contributed by atoms with Crippen molar-refractivity contribution in [3.05, 3.63) is 148 Å². The Balaban J connectivity index is 0.000000249. The van der Waals surface area contributed by atoms with Crippen molar-refractivity contribution in [2.45, 2.75) is 40.0 Å². The Hall–Kier alpha value is -7.32. The van der Waals surface area contributed by atoms with Gasteiger partial charge in [-0.15, -0.1) is 0 Å². The van der Waals surface area contributed by atoms with Crippen LogP contribution in [0.15, 0.2) is 92.2 Å². The highest BCUT2D eigenvalue weighted by Gasteiger charge is 2.21. The fourth-order valence-electron chi connectivity index (χ4n) is 5.70. The maximum absolute atomic E-state index is 14.7. The van der Waals surface area contributed by atoms with Crippen LogP contribution in [0.25, 0.3) is 11.4 Å². The van der Waals surface area contributed by atoms with Gasteiger partial charge in [0.15, 0.2) is 24.7 Å². The van der Waals surface area contributed by atoms with Crippen molar-refractivity contribution in [1.29, 1.82) is 0 Å². The molecule has 6 aromatic rings. The van der Waals surface area contributed by atoms with Gasteiger partial charge < -0.3 is 37.6 Å². The number of aromatic nitrogens is 6. The number of hydrogen-bond acceptors (Lipinski definition) is 14. The summed E-state index contributed by atoms with van der Waals surface area (Å²) in [5, 5.41) is -0.241. The predicted octanol–water partition coefficient (Wildman–Crippen LogP) is 6.31. The van der Waals surface area contributed by atoms with Crippen LogP contribution in [0.1, 0.15) is 37.6 Å². The van der Waals surface area contributed by atoms with E-state index in [2.05, 4.69) is 14.7 Å². The third kappa shape index (κ3) is 12.1. The molecule has 0 saturated carbocycles. The van der Waals surface area contributed by atoms with E-state index in [0.29, 0.717) is 27.1 Å². The summed E-state index contributed by atoms with van der Waals surface area (Å²) < 4.78 is 64.9. The predicted molar refractivity (Wildman–Crippen MR) is 236 cm³/mol. The summed E-state index contributed by atoms with van der Waals surface area (Å²) in [5.41, 5.74) is -2.73. The third-order valence-corrected chi connectivity index (χ3v) is 10.00. The zero-order valence-corrected chi connectivity index (χ0v) is 37.8. The minimum absolute atomic E-state index is 0.0247. The summed E-state index contributed by atoms with van der Waals surface area (Å²) in [6.07, 6.45) is 5.56. The lowest BCUT2D eigenvalue weighted by Gasteiger charge is -2.15. The van der Waals surface area contributed by atoms with Crippen molar-refractivity contribution < 1.29 is 46.8 Å². The summed E-state index contributed by atoms with van der Waals surface area (Å²) >= 11 is 12.3. The molecule has 6 rings (SSSR count). The Morgan fingerprint density at radius 1 is 0.652 bits per heavy atom. The van der Waals surface area contributed by atoms with Crippen LogP contribution in [0.4, 0.5) is 8.78 Å². The second-order valence-corrected chi connectivity index (χ2v) is 14.8. The summed E-state index contributed by atoms with van der Waals surface area (Å²) in [4.78, 5) is 81.3. The van der Waals surface area contributed by atoms with E-state index in [9.17, 15) is 37.5 Å². The number of rotatable bonds is 16. The standard InChI is InChI=1S/C24H25ClFN3O6.C20H17ClFN3O6/c1-4-5-6-10-33-22(31)14-34-23-19(8-7-9-27-23)35-20-13-18(17(26)12-16(20)25)29-21(30)11-15(2)28(3)24(29)32;1-11-7-17(26)25(20(28)24(11)2)14-9-16(12(21)8-13(14)22)31-15-5-4-6-23-19(15)30-10-18(27)29-3/h7-9,11-13H,4-6,10,14H2,1-3H3;4-9H,10H2,1-3H3. The minimum atomic E-state index is -0.895. The Labute approximate surface area is 384 Å². The number of benzene rings is 2. The van der Waals surface area contributed by atoms with Crippen LogP contribution in [0.3, 0.4) is 0 Å². The quantitative estimate of drug-likeness (QED) is 0.0771. The van der Waals surface area contributed by atoms with Gasteiger partial charge in [0.1, 0.15) is 23.1 Å². The maximum atomic E-state index is 14.7. The van der Waals surface area contributed by atoms with E-state index in [4.69, 9.17) is 46.9 Å². The number of methoxy groups -OCH3 is 1. The van der Waals surface area contributed by atoms with Crippen molar-refractivity contribution in [3.8, 4) is 46.1 Å². The molecule has 0 spiro atoms. The molecular weight excluding hydrogens is 913 g/mol. The van der Waals surface area contributed by atoms with Crippen molar-refractivity contribution in [3.63, 3.8) is 0 Å². The number of unbranched alkanes of at least 4 members (excludes halogenated alkanes) is 2. The number of carbonyl (C=O) groups is 2. The fraction of sp³-hybridized carbons (Fsp3) is 0.273. The van der Waals surface area contributed by atoms with E-state index >= 15 is 0 Å². The Morgan fingerprint density at radius 2 is 1.09 bits per heavy atom. The molecule has 348 valence electrons. The van der Waals surface area contributed by atoms with E-state index in [-0.39, 0.29) is 56.2 Å². The van der Waals surface area contributed by atoms with E-state index in [1.165, 1.54) is 67.0 Å². The number of nitrogens with zero attached hydrogens (tertiary/aromatic N) is 6. The topological polar surface area (TPSA) is 203 Å². The lowest BCUT2D eigenvalue weighted by molar-refractivity contribution is -0.146. The van der Waals surface area contributed by atoms with E-state index in [1.54, 1.807) is 26.0 Å². The second kappa shape index (κ2) is 22.5.